The molecule has 8 heteroatoms. The summed E-state index contributed by atoms with van der Waals surface area (Å²) in [7, 11) is 1.44. The lowest BCUT2D eigenvalue weighted by atomic mass is 10.1. The van der Waals surface area contributed by atoms with Crippen molar-refractivity contribution < 1.29 is 9.53 Å². The Bertz CT molecular complexity index is 917. The highest BCUT2D eigenvalue weighted by Crippen LogP contribution is 2.19. The molecule has 0 atom stereocenters. The van der Waals surface area contributed by atoms with Gasteiger partial charge in [0.25, 0.3) is 11.5 Å². The minimum absolute atomic E-state index is 0.0259. The van der Waals surface area contributed by atoms with Gasteiger partial charge in [-0.2, -0.15) is 0 Å². The Morgan fingerprint density at radius 3 is 2.63 bits per heavy atom. The summed E-state index contributed by atoms with van der Waals surface area (Å²) in [6.45, 7) is 4.10. The number of anilines is 2. The molecule has 1 amide bonds. The van der Waals surface area contributed by atoms with Crippen LogP contribution in [-0.4, -0.2) is 29.1 Å². The lowest BCUT2D eigenvalue weighted by Gasteiger charge is -2.20. The largest absolute Gasteiger partial charge is 0.483 e. The first-order valence-electron chi connectivity index (χ1n) is 9.00. The Balaban J connectivity index is 2.23. The summed E-state index contributed by atoms with van der Waals surface area (Å²) in [5, 5.41) is 0. The molecule has 0 aliphatic heterocycles. The molecule has 146 valence electrons. The number of aryl methyl sites for hydroxylation is 1. The van der Waals surface area contributed by atoms with E-state index in [-0.39, 0.29) is 18.1 Å². The van der Waals surface area contributed by atoms with Crippen LogP contribution < -0.4 is 26.6 Å². The van der Waals surface area contributed by atoms with Gasteiger partial charge in [0.05, 0.1) is 0 Å². The van der Waals surface area contributed by atoms with E-state index >= 15 is 0 Å². The SMILES string of the molecule is CCCCn1c(N)c(N(C)C(=O)COc2ccccc2CC)c(=O)[nH]c1=O. The Labute approximate surface area is 157 Å². The highest BCUT2D eigenvalue weighted by atomic mass is 16.5. The summed E-state index contributed by atoms with van der Waals surface area (Å²) in [5.74, 6) is 0.150. The molecule has 1 aromatic carbocycles. The number of carbonyl (C=O) groups excluding carboxylic acids is 1. The van der Waals surface area contributed by atoms with Crippen molar-refractivity contribution in [2.45, 2.75) is 39.7 Å². The molecule has 0 unspecified atom stereocenters. The third-order valence-electron chi connectivity index (χ3n) is 4.36. The fraction of sp³-hybridized carbons (Fsp3) is 0.421. The predicted molar refractivity (Wildman–Crippen MR) is 105 cm³/mol. The van der Waals surface area contributed by atoms with Crippen molar-refractivity contribution in [1.82, 2.24) is 9.55 Å². The second-order valence-electron chi connectivity index (χ2n) is 6.20. The fourth-order valence-electron chi connectivity index (χ4n) is 2.74. The van der Waals surface area contributed by atoms with Crippen LogP contribution >= 0.6 is 0 Å². The van der Waals surface area contributed by atoms with E-state index in [0.717, 1.165) is 29.7 Å². The van der Waals surface area contributed by atoms with E-state index in [4.69, 9.17) is 10.5 Å². The zero-order valence-electron chi connectivity index (χ0n) is 15.9. The molecule has 2 aromatic rings. The minimum atomic E-state index is -0.699. The van der Waals surface area contributed by atoms with Crippen LogP contribution in [0, 0.1) is 0 Å². The second-order valence-corrected chi connectivity index (χ2v) is 6.20. The topological polar surface area (TPSA) is 110 Å². The molecule has 0 saturated heterocycles. The number of nitrogens with one attached hydrogen (secondary N) is 1. The Kier molecular flexibility index (Phi) is 6.81. The van der Waals surface area contributed by atoms with Crippen LogP contribution in [0.15, 0.2) is 33.9 Å². The number of amides is 1. The van der Waals surface area contributed by atoms with Crippen molar-refractivity contribution >= 4 is 17.4 Å². The van der Waals surface area contributed by atoms with E-state index < -0.39 is 17.2 Å². The summed E-state index contributed by atoms with van der Waals surface area (Å²) < 4.78 is 6.89. The van der Waals surface area contributed by atoms with Crippen LogP contribution in [0.25, 0.3) is 0 Å². The number of H-pyrrole nitrogens is 1. The molecule has 0 aliphatic rings. The number of nitrogens with two attached hydrogens (primary N) is 1. The molecule has 0 fully saturated rings. The summed E-state index contributed by atoms with van der Waals surface area (Å²) in [4.78, 5) is 40.1. The van der Waals surface area contributed by atoms with Crippen LogP contribution in [-0.2, 0) is 17.8 Å². The quantitative estimate of drug-likeness (QED) is 0.728. The van der Waals surface area contributed by atoms with Crippen LogP contribution in [0.2, 0.25) is 0 Å². The monoisotopic (exact) mass is 374 g/mol. The van der Waals surface area contributed by atoms with Gasteiger partial charge < -0.3 is 15.4 Å². The maximum absolute atomic E-state index is 12.5. The molecule has 0 aliphatic carbocycles. The van der Waals surface area contributed by atoms with E-state index in [1.807, 2.05) is 32.0 Å². The standard InChI is InChI=1S/C19H26N4O4/c1-4-6-11-23-17(20)16(18(25)21-19(23)26)22(3)15(24)12-27-14-10-8-7-9-13(14)5-2/h7-10H,4-6,11-12,20H2,1-3H3,(H,21,25,26). The Hall–Kier alpha value is -3.03. The van der Waals surface area contributed by atoms with Gasteiger partial charge in [0.2, 0.25) is 0 Å². The van der Waals surface area contributed by atoms with E-state index in [0.29, 0.717) is 12.3 Å². The maximum Gasteiger partial charge on any atom is 0.330 e. The predicted octanol–water partition coefficient (Wildman–Crippen LogP) is 1.52. The molecule has 1 aromatic heterocycles. The Morgan fingerprint density at radius 2 is 1.96 bits per heavy atom. The van der Waals surface area contributed by atoms with Crippen LogP contribution in [0.3, 0.4) is 0 Å². The van der Waals surface area contributed by atoms with Crippen molar-refractivity contribution in [3.05, 3.63) is 50.7 Å². The number of aromatic nitrogens is 2. The average molecular weight is 374 g/mol. The zero-order valence-corrected chi connectivity index (χ0v) is 15.9. The molecule has 27 heavy (non-hydrogen) atoms. The highest BCUT2D eigenvalue weighted by Gasteiger charge is 2.21. The van der Waals surface area contributed by atoms with Crippen LogP contribution in [0.5, 0.6) is 5.75 Å². The van der Waals surface area contributed by atoms with Crippen LogP contribution in [0.1, 0.15) is 32.3 Å². The van der Waals surface area contributed by atoms with E-state index in [2.05, 4.69) is 4.98 Å². The molecule has 1 heterocycles. The summed E-state index contributed by atoms with van der Waals surface area (Å²) in [6, 6.07) is 7.45. The van der Waals surface area contributed by atoms with Gasteiger partial charge in [0.1, 0.15) is 11.6 Å². The molecule has 0 spiro atoms. The van der Waals surface area contributed by atoms with E-state index in [9.17, 15) is 14.4 Å². The smallest absolute Gasteiger partial charge is 0.330 e. The molecule has 2 rings (SSSR count). The summed E-state index contributed by atoms with van der Waals surface area (Å²) in [5.41, 5.74) is 5.68. The van der Waals surface area contributed by atoms with Gasteiger partial charge in [0, 0.05) is 13.6 Å². The second kappa shape index (κ2) is 9.07. The van der Waals surface area contributed by atoms with Crippen molar-refractivity contribution in [2.75, 3.05) is 24.3 Å². The first-order chi connectivity index (χ1) is 12.9. The van der Waals surface area contributed by atoms with Gasteiger partial charge >= 0.3 is 5.69 Å². The molecule has 0 radical (unpaired) electrons. The number of hydrogen-bond acceptors (Lipinski definition) is 5. The number of likely N-dealkylation sites (N-methyl/N-ethyl adjacent to an activating group) is 1. The molecule has 0 saturated carbocycles. The van der Waals surface area contributed by atoms with Crippen molar-refractivity contribution in [2.24, 2.45) is 0 Å². The number of nitrogens with zero attached hydrogens (tertiary/aromatic N) is 2. The van der Waals surface area contributed by atoms with Gasteiger partial charge in [-0.15, -0.1) is 0 Å². The first-order valence-corrected chi connectivity index (χ1v) is 9.00. The van der Waals surface area contributed by atoms with Crippen molar-refractivity contribution in [3.63, 3.8) is 0 Å². The summed E-state index contributed by atoms with van der Waals surface area (Å²) in [6.07, 6.45) is 2.36. The van der Waals surface area contributed by atoms with Gasteiger partial charge in [-0.3, -0.25) is 19.1 Å². The molecular formula is C19H26N4O4. The van der Waals surface area contributed by atoms with Crippen molar-refractivity contribution in [3.8, 4) is 5.75 Å². The fourth-order valence-corrected chi connectivity index (χ4v) is 2.74. The number of benzene rings is 1. The van der Waals surface area contributed by atoms with Gasteiger partial charge in [-0.05, 0) is 24.5 Å². The number of hydrogen-bond donors (Lipinski definition) is 2. The molecule has 0 bridgehead atoms. The number of unbranched alkanes of at least 4 members (excludes halogenated alkanes) is 1. The lowest BCUT2D eigenvalue weighted by molar-refractivity contribution is -0.120. The van der Waals surface area contributed by atoms with E-state index in [1.54, 1.807) is 6.07 Å². The van der Waals surface area contributed by atoms with Gasteiger partial charge in [0.15, 0.2) is 12.3 Å². The normalized spacial score (nSPS) is 10.6. The zero-order chi connectivity index (χ0) is 20.0. The first kappa shape index (κ1) is 20.3. The molecule has 3 N–H and O–H groups in total. The highest BCUT2D eigenvalue weighted by molar-refractivity contribution is 5.96. The Morgan fingerprint density at radius 1 is 1.26 bits per heavy atom. The average Bonchev–Trinajstić information content (AvgIpc) is 2.65. The lowest BCUT2D eigenvalue weighted by Crippen LogP contribution is -2.40. The number of nitrogen functional groups attached to an aromatic ring is 1. The minimum Gasteiger partial charge on any atom is -0.483 e. The summed E-state index contributed by atoms with van der Waals surface area (Å²) >= 11 is 0. The van der Waals surface area contributed by atoms with Crippen LogP contribution in [0.4, 0.5) is 11.5 Å². The molecule has 8 nitrogen and oxygen atoms in total. The number of ether oxygens (including phenoxy) is 1. The number of aromatic amines is 1. The number of para-hydroxylation sites is 1. The number of rotatable bonds is 8. The number of carbonyl (C=O) groups is 1. The third-order valence-corrected chi connectivity index (χ3v) is 4.36. The third kappa shape index (κ3) is 4.58. The van der Waals surface area contributed by atoms with Gasteiger partial charge in [-0.1, -0.05) is 38.5 Å². The maximum atomic E-state index is 12.5. The van der Waals surface area contributed by atoms with Crippen molar-refractivity contribution in [1.29, 1.82) is 0 Å². The van der Waals surface area contributed by atoms with Gasteiger partial charge in [-0.25, -0.2) is 4.79 Å². The van der Waals surface area contributed by atoms with E-state index in [1.165, 1.54) is 11.6 Å². The molecular weight excluding hydrogens is 348 g/mol.